The molecule has 1 aromatic rings. The van der Waals surface area contributed by atoms with E-state index >= 15 is 0 Å². The lowest BCUT2D eigenvalue weighted by molar-refractivity contribution is 0.103. The van der Waals surface area contributed by atoms with E-state index in [1.165, 1.54) is 0 Å². The third kappa shape index (κ3) is 1.75. The second-order valence-corrected chi connectivity index (χ2v) is 3.45. The van der Waals surface area contributed by atoms with Gasteiger partial charge in [-0.1, -0.05) is 0 Å². The smallest absolute Gasteiger partial charge is 0.182 e. The Labute approximate surface area is 88.6 Å². The SMILES string of the molecule is C=Nc1cc(C)[nH]c1C1=C(C)OCCO1. The number of aryl methyl sites for hydroxylation is 1. The van der Waals surface area contributed by atoms with E-state index in [1.807, 2.05) is 19.9 Å². The fourth-order valence-electron chi connectivity index (χ4n) is 1.63. The van der Waals surface area contributed by atoms with Crippen LogP contribution in [-0.4, -0.2) is 24.9 Å². The number of rotatable bonds is 2. The van der Waals surface area contributed by atoms with Crippen LogP contribution in [0.15, 0.2) is 16.8 Å². The van der Waals surface area contributed by atoms with Crippen LogP contribution in [0.25, 0.3) is 5.76 Å². The highest BCUT2D eigenvalue weighted by Gasteiger charge is 2.18. The van der Waals surface area contributed by atoms with Gasteiger partial charge in [0.2, 0.25) is 0 Å². The third-order valence-electron chi connectivity index (χ3n) is 2.30. The van der Waals surface area contributed by atoms with Crippen LogP contribution in [-0.2, 0) is 9.47 Å². The minimum Gasteiger partial charge on any atom is -0.491 e. The average molecular weight is 206 g/mol. The van der Waals surface area contributed by atoms with E-state index in [0.717, 1.165) is 28.6 Å². The Balaban J connectivity index is 2.47. The van der Waals surface area contributed by atoms with Gasteiger partial charge in [-0.05, 0) is 26.6 Å². The molecule has 1 aliphatic heterocycles. The molecule has 0 radical (unpaired) electrons. The maximum atomic E-state index is 5.57. The van der Waals surface area contributed by atoms with Gasteiger partial charge in [-0.25, -0.2) is 0 Å². The molecule has 2 heterocycles. The Morgan fingerprint density at radius 2 is 2.07 bits per heavy atom. The molecular weight excluding hydrogens is 192 g/mol. The van der Waals surface area contributed by atoms with Crippen molar-refractivity contribution in [3.63, 3.8) is 0 Å². The fourth-order valence-corrected chi connectivity index (χ4v) is 1.63. The van der Waals surface area contributed by atoms with Crippen LogP contribution in [0.3, 0.4) is 0 Å². The molecule has 0 atom stereocenters. The van der Waals surface area contributed by atoms with Crippen LogP contribution in [0.1, 0.15) is 18.3 Å². The molecular formula is C11H14N2O2. The first-order valence-electron chi connectivity index (χ1n) is 4.85. The van der Waals surface area contributed by atoms with Gasteiger partial charge in [0.25, 0.3) is 0 Å². The Morgan fingerprint density at radius 1 is 1.33 bits per heavy atom. The molecule has 80 valence electrons. The van der Waals surface area contributed by atoms with Crippen LogP contribution in [0, 0.1) is 6.92 Å². The predicted octanol–water partition coefficient (Wildman–Crippen LogP) is 2.39. The van der Waals surface area contributed by atoms with E-state index in [1.54, 1.807) is 0 Å². The molecule has 0 unspecified atom stereocenters. The number of hydrogen-bond acceptors (Lipinski definition) is 3. The minimum absolute atomic E-state index is 0.571. The number of hydrogen-bond donors (Lipinski definition) is 1. The zero-order chi connectivity index (χ0) is 10.8. The minimum atomic E-state index is 0.571. The highest BCUT2D eigenvalue weighted by atomic mass is 16.6. The number of aromatic amines is 1. The molecule has 2 rings (SSSR count). The molecule has 0 fully saturated rings. The van der Waals surface area contributed by atoms with Crippen molar-refractivity contribution >= 4 is 18.2 Å². The first kappa shape index (κ1) is 9.83. The zero-order valence-electron chi connectivity index (χ0n) is 8.96. The van der Waals surface area contributed by atoms with E-state index in [-0.39, 0.29) is 0 Å². The summed E-state index contributed by atoms with van der Waals surface area (Å²) in [5.74, 6) is 1.52. The summed E-state index contributed by atoms with van der Waals surface area (Å²) in [5, 5.41) is 0. The average Bonchev–Trinajstić information content (AvgIpc) is 2.60. The molecule has 0 aliphatic carbocycles. The number of H-pyrrole nitrogens is 1. The van der Waals surface area contributed by atoms with Crippen LogP contribution in [0.5, 0.6) is 0 Å². The van der Waals surface area contributed by atoms with E-state index in [0.29, 0.717) is 13.2 Å². The number of ether oxygens (including phenoxy) is 2. The van der Waals surface area contributed by atoms with Crippen molar-refractivity contribution < 1.29 is 9.47 Å². The highest BCUT2D eigenvalue weighted by Crippen LogP contribution is 2.31. The van der Waals surface area contributed by atoms with E-state index in [9.17, 15) is 0 Å². The van der Waals surface area contributed by atoms with Gasteiger partial charge in [0.1, 0.15) is 24.7 Å². The third-order valence-corrected chi connectivity index (χ3v) is 2.30. The van der Waals surface area contributed by atoms with Gasteiger partial charge in [0.05, 0.1) is 5.69 Å². The summed E-state index contributed by atoms with van der Waals surface area (Å²) in [6.45, 7) is 8.57. The molecule has 0 spiro atoms. The zero-order valence-corrected chi connectivity index (χ0v) is 8.96. The van der Waals surface area contributed by atoms with E-state index < -0.39 is 0 Å². The van der Waals surface area contributed by atoms with Crippen molar-refractivity contribution in [2.75, 3.05) is 13.2 Å². The van der Waals surface area contributed by atoms with Crippen molar-refractivity contribution in [2.24, 2.45) is 4.99 Å². The lowest BCUT2D eigenvalue weighted by Gasteiger charge is -2.19. The fraction of sp³-hybridized carbons (Fsp3) is 0.364. The van der Waals surface area contributed by atoms with Crippen molar-refractivity contribution in [3.05, 3.63) is 23.2 Å². The van der Waals surface area contributed by atoms with Gasteiger partial charge >= 0.3 is 0 Å². The Kier molecular flexibility index (Phi) is 2.49. The van der Waals surface area contributed by atoms with Gasteiger partial charge in [-0.3, -0.25) is 4.99 Å². The van der Waals surface area contributed by atoms with Crippen LogP contribution in [0.4, 0.5) is 5.69 Å². The second kappa shape index (κ2) is 3.81. The van der Waals surface area contributed by atoms with Crippen LogP contribution < -0.4 is 0 Å². The largest absolute Gasteiger partial charge is 0.491 e. The van der Waals surface area contributed by atoms with Crippen LogP contribution in [0.2, 0.25) is 0 Å². The molecule has 0 saturated carbocycles. The summed E-state index contributed by atoms with van der Waals surface area (Å²) < 4.78 is 11.0. The first-order valence-corrected chi connectivity index (χ1v) is 4.85. The summed E-state index contributed by atoms with van der Waals surface area (Å²) in [5.41, 5.74) is 2.67. The Bertz CT molecular complexity index is 418. The Morgan fingerprint density at radius 3 is 2.73 bits per heavy atom. The van der Waals surface area contributed by atoms with Crippen molar-refractivity contribution in [3.8, 4) is 0 Å². The second-order valence-electron chi connectivity index (χ2n) is 3.45. The van der Waals surface area contributed by atoms with Gasteiger partial charge in [-0.15, -0.1) is 0 Å². The monoisotopic (exact) mass is 206 g/mol. The molecule has 1 aromatic heterocycles. The summed E-state index contributed by atoms with van der Waals surface area (Å²) in [4.78, 5) is 7.15. The molecule has 15 heavy (non-hydrogen) atoms. The number of aliphatic imine (C=N–C) groups is 1. The molecule has 0 aromatic carbocycles. The number of nitrogens with zero attached hydrogens (tertiary/aromatic N) is 1. The standard InChI is InChI=1S/C11H14N2O2/c1-7-6-9(12-3)10(13-7)11-8(2)14-4-5-15-11/h6,13H,3-5H2,1-2H3. The Hall–Kier alpha value is -1.71. The van der Waals surface area contributed by atoms with Crippen molar-refractivity contribution in [1.29, 1.82) is 0 Å². The first-order chi connectivity index (χ1) is 7.22. The summed E-state index contributed by atoms with van der Waals surface area (Å²) in [6, 6.07) is 1.93. The number of nitrogens with one attached hydrogen (secondary N) is 1. The van der Waals surface area contributed by atoms with Gasteiger partial charge < -0.3 is 14.5 Å². The molecule has 4 nitrogen and oxygen atoms in total. The summed E-state index contributed by atoms with van der Waals surface area (Å²) >= 11 is 0. The lowest BCUT2D eigenvalue weighted by Crippen LogP contribution is -2.11. The molecule has 1 aliphatic rings. The predicted molar refractivity (Wildman–Crippen MR) is 59.2 cm³/mol. The van der Waals surface area contributed by atoms with E-state index in [2.05, 4.69) is 16.7 Å². The maximum absolute atomic E-state index is 5.57. The number of allylic oxidation sites excluding steroid dienone is 1. The van der Waals surface area contributed by atoms with Crippen molar-refractivity contribution in [2.45, 2.75) is 13.8 Å². The van der Waals surface area contributed by atoms with Gasteiger partial charge in [0, 0.05) is 5.69 Å². The lowest BCUT2D eigenvalue weighted by atomic mass is 10.2. The molecule has 0 bridgehead atoms. The molecule has 1 N–H and O–H groups in total. The molecule has 4 heteroatoms. The molecule has 0 amide bonds. The quantitative estimate of drug-likeness (QED) is 0.755. The topological polar surface area (TPSA) is 46.6 Å². The number of aromatic nitrogens is 1. The van der Waals surface area contributed by atoms with Crippen LogP contribution >= 0.6 is 0 Å². The van der Waals surface area contributed by atoms with Gasteiger partial charge in [-0.2, -0.15) is 0 Å². The summed E-state index contributed by atoms with van der Waals surface area (Å²) in [6.07, 6.45) is 0. The highest BCUT2D eigenvalue weighted by molar-refractivity contribution is 5.71. The van der Waals surface area contributed by atoms with Gasteiger partial charge in [0.15, 0.2) is 5.76 Å². The maximum Gasteiger partial charge on any atom is 0.182 e. The van der Waals surface area contributed by atoms with Crippen molar-refractivity contribution in [1.82, 2.24) is 4.98 Å². The molecule has 0 saturated heterocycles. The van der Waals surface area contributed by atoms with E-state index in [4.69, 9.17) is 9.47 Å². The summed E-state index contributed by atoms with van der Waals surface area (Å²) in [7, 11) is 0. The normalized spacial score (nSPS) is 15.9.